The van der Waals surface area contributed by atoms with Crippen molar-refractivity contribution in [3.63, 3.8) is 0 Å². The third kappa shape index (κ3) is 4.98. The zero-order valence-corrected chi connectivity index (χ0v) is 21.1. The minimum absolute atomic E-state index is 0.0649. The van der Waals surface area contributed by atoms with Crippen molar-refractivity contribution >= 4 is 71.9 Å². The molecule has 2 aromatic carbocycles. The maximum absolute atomic E-state index is 13.0. The van der Waals surface area contributed by atoms with Crippen LogP contribution in [0.2, 0.25) is 10.0 Å². The molecule has 1 saturated heterocycles. The highest BCUT2D eigenvalue weighted by Crippen LogP contribution is 2.35. The topological polar surface area (TPSA) is 109 Å². The molecule has 4 rings (SSSR count). The molecule has 0 bridgehead atoms. The van der Waals surface area contributed by atoms with Crippen molar-refractivity contribution in [1.82, 2.24) is 14.2 Å². The van der Waals surface area contributed by atoms with Gasteiger partial charge in [-0.3, -0.25) is 10.1 Å². The summed E-state index contributed by atoms with van der Waals surface area (Å²) in [5, 5.41) is 3.73. The first kappa shape index (κ1) is 24.7. The summed E-state index contributed by atoms with van der Waals surface area (Å²) in [6.45, 7) is 2.79. The number of anilines is 1. The normalized spacial score (nSPS) is 14.9. The van der Waals surface area contributed by atoms with E-state index in [2.05, 4.69) is 10.3 Å². The Balaban J connectivity index is 1.43. The van der Waals surface area contributed by atoms with Crippen LogP contribution in [0, 0.1) is 0 Å². The average Bonchev–Trinajstić information content (AvgIpc) is 3.25. The molecule has 1 N–H and O–H groups in total. The molecular formula is C21H20Cl2N4O5S2. The van der Waals surface area contributed by atoms with Gasteiger partial charge in [-0.2, -0.15) is 4.31 Å². The second-order valence-corrected chi connectivity index (χ2v) is 11.0. The van der Waals surface area contributed by atoms with E-state index in [1.807, 2.05) is 0 Å². The summed E-state index contributed by atoms with van der Waals surface area (Å²) in [6, 6.07) is 9.07. The zero-order chi connectivity index (χ0) is 24.5. The van der Waals surface area contributed by atoms with E-state index < -0.39 is 22.0 Å². The van der Waals surface area contributed by atoms with Gasteiger partial charge in [-0.15, -0.1) is 0 Å². The highest BCUT2D eigenvalue weighted by atomic mass is 35.5. The Hall–Kier alpha value is -2.44. The molecule has 0 atom stereocenters. The van der Waals surface area contributed by atoms with Crippen molar-refractivity contribution in [2.75, 3.05) is 38.1 Å². The van der Waals surface area contributed by atoms with Crippen molar-refractivity contribution in [3.8, 4) is 0 Å². The van der Waals surface area contributed by atoms with Gasteiger partial charge < -0.3 is 9.64 Å². The standard InChI is InChI=1S/C21H20Cl2N4O5S2/c1-2-32-21(29)26-9-11-27(12-10-26)34(30,31)14-5-3-13(4-6-14)19(28)25-20-24-18-16(33-20)8-7-15(22)17(18)23/h3-8H,2,9-12H2,1H3,(H,24,25,28). The zero-order valence-electron chi connectivity index (χ0n) is 18.0. The van der Waals surface area contributed by atoms with Gasteiger partial charge in [0.25, 0.3) is 5.91 Å². The Kier molecular flexibility index (Phi) is 7.29. The number of piperazine rings is 1. The van der Waals surface area contributed by atoms with Crippen molar-refractivity contribution in [3.05, 3.63) is 52.0 Å². The molecule has 34 heavy (non-hydrogen) atoms. The number of amides is 2. The molecule has 1 aromatic heterocycles. The Bertz CT molecular complexity index is 1340. The van der Waals surface area contributed by atoms with Crippen LogP contribution in [0.4, 0.5) is 9.93 Å². The molecule has 1 aliphatic heterocycles. The number of sulfonamides is 1. The van der Waals surface area contributed by atoms with Crippen LogP contribution in [0.1, 0.15) is 17.3 Å². The summed E-state index contributed by atoms with van der Waals surface area (Å²) in [7, 11) is -3.77. The fourth-order valence-corrected chi connectivity index (χ4v) is 6.12. The van der Waals surface area contributed by atoms with Gasteiger partial charge in [0.05, 0.1) is 26.2 Å². The maximum Gasteiger partial charge on any atom is 0.409 e. The molecule has 13 heteroatoms. The number of nitrogens with zero attached hydrogens (tertiary/aromatic N) is 3. The molecule has 1 fully saturated rings. The van der Waals surface area contributed by atoms with Gasteiger partial charge in [-0.1, -0.05) is 34.5 Å². The number of nitrogens with one attached hydrogen (secondary N) is 1. The van der Waals surface area contributed by atoms with E-state index in [4.69, 9.17) is 27.9 Å². The van der Waals surface area contributed by atoms with E-state index in [1.165, 1.54) is 44.8 Å². The van der Waals surface area contributed by atoms with Crippen LogP contribution in [0.15, 0.2) is 41.3 Å². The van der Waals surface area contributed by atoms with Crippen LogP contribution in [0.25, 0.3) is 10.2 Å². The molecule has 180 valence electrons. The van der Waals surface area contributed by atoms with Crippen LogP contribution in [0.5, 0.6) is 0 Å². The van der Waals surface area contributed by atoms with Crippen molar-refractivity contribution in [2.45, 2.75) is 11.8 Å². The number of aromatic nitrogens is 1. The minimum Gasteiger partial charge on any atom is -0.450 e. The van der Waals surface area contributed by atoms with Crippen molar-refractivity contribution in [1.29, 1.82) is 0 Å². The number of halogens is 2. The highest BCUT2D eigenvalue weighted by molar-refractivity contribution is 7.89. The van der Waals surface area contributed by atoms with E-state index in [0.29, 0.717) is 20.7 Å². The van der Waals surface area contributed by atoms with E-state index in [-0.39, 0.29) is 43.2 Å². The Labute approximate surface area is 210 Å². The predicted molar refractivity (Wildman–Crippen MR) is 131 cm³/mol. The fraction of sp³-hybridized carbons (Fsp3) is 0.286. The van der Waals surface area contributed by atoms with Crippen LogP contribution in [-0.4, -0.2) is 67.4 Å². The van der Waals surface area contributed by atoms with Crippen LogP contribution >= 0.6 is 34.5 Å². The molecule has 0 unspecified atom stereocenters. The van der Waals surface area contributed by atoms with E-state index >= 15 is 0 Å². The monoisotopic (exact) mass is 542 g/mol. The summed E-state index contributed by atoms with van der Waals surface area (Å²) in [4.78, 5) is 30.3. The summed E-state index contributed by atoms with van der Waals surface area (Å²) >= 11 is 13.4. The molecule has 0 spiro atoms. The Morgan fingerprint density at radius 3 is 2.41 bits per heavy atom. The second kappa shape index (κ2) is 10.0. The number of hydrogen-bond acceptors (Lipinski definition) is 7. The number of hydrogen-bond donors (Lipinski definition) is 1. The lowest BCUT2D eigenvalue weighted by molar-refractivity contribution is 0.0933. The average molecular weight is 543 g/mol. The third-order valence-electron chi connectivity index (χ3n) is 5.19. The Morgan fingerprint density at radius 2 is 1.76 bits per heavy atom. The first-order valence-electron chi connectivity index (χ1n) is 10.3. The second-order valence-electron chi connectivity index (χ2n) is 7.30. The lowest BCUT2D eigenvalue weighted by Crippen LogP contribution is -2.50. The molecule has 0 aliphatic carbocycles. The molecule has 0 radical (unpaired) electrons. The predicted octanol–water partition coefficient (Wildman–Crippen LogP) is 4.32. The number of thiazole rings is 1. The minimum atomic E-state index is -3.77. The van der Waals surface area contributed by atoms with Crippen molar-refractivity contribution < 1.29 is 22.7 Å². The van der Waals surface area contributed by atoms with Crippen LogP contribution < -0.4 is 5.32 Å². The van der Waals surface area contributed by atoms with Gasteiger partial charge in [-0.05, 0) is 43.3 Å². The summed E-state index contributed by atoms with van der Waals surface area (Å²) in [5.41, 5.74) is 0.772. The van der Waals surface area contributed by atoms with Gasteiger partial charge in [0, 0.05) is 31.7 Å². The number of rotatable bonds is 5. The summed E-state index contributed by atoms with van der Waals surface area (Å²) in [6.07, 6.45) is -0.451. The van der Waals surface area contributed by atoms with E-state index in [9.17, 15) is 18.0 Å². The molecular weight excluding hydrogens is 523 g/mol. The SMILES string of the molecule is CCOC(=O)N1CCN(S(=O)(=O)c2ccc(C(=O)Nc3nc4c(Cl)c(Cl)ccc4s3)cc2)CC1. The Morgan fingerprint density at radius 1 is 1.09 bits per heavy atom. The van der Waals surface area contributed by atoms with Crippen LogP contribution in [0.3, 0.4) is 0 Å². The number of ether oxygens (including phenoxy) is 1. The summed E-state index contributed by atoms with van der Waals surface area (Å²) < 4.78 is 33.0. The lowest BCUT2D eigenvalue weighted by atomic mass is 10.2. The van der Waals surface area contributed by atoms with Gasteiger partial charge in [0.2, 0.25) is 10.0 Å². The van der Waals surface area contributed by atoms with E-state index in [1.54, 1.807) is 19.1 Å². The van der Waals surface area contributed by atoms with Gasteiger partial charge in [0.15, 0.2) is 5.13 Å². The lowest BCUT2D eigenvalue weighted by Gasteiger charge is -2.33. The van der Waals surface area contributed by atoms with Crippen LogP contribution in [-0.2, 0) is 14.8 Å². The van der Waals surface area contributed by atoms with Gasteiger partial charge in [0.1, 0.15) is 5.52 Å². The first-order valence-corrected chi connectivity index (χ1v) is 13.3. The summed E-state index contributed by atoms with van der Waals surface area (Å²) in [5.74, 6) is -0.437. The molecule has 2 amide bonds. The first-order chi connectivity index (χ1) is 16.2. The number of carbonyl (C=O) groups is 2. The third-order valence-corrected chi connectivity index (χ3v) is 8.83. The van der Waals surface area contributed by atoms with E-state index in [0.717, 1.165) is 4.70 Å². The molecule has 2 heterocycles. The highest BCUT2D eigenvalue weighted by Gasteiger charge is 2.30. The van der Waals surface area contributed by atoms with Crippen molar-refractivity contribution in [2.24, 2.45) is 0 Å². The number of carbonyl (C=O) groups excluding carboxylic acids is 2. The maximum atomic E-state index is 13.0. The number of fused-ring (bicyclic) bond motifs is 1. The smallest absolute Gasteiger partial charge is 0.409 e. The molecule has 3 aromatic rings. The van der Waals surface area contributed by atoms with Gasteiger partial charge >= 0.3 is 6.09 Å². The van der Waals surface area contributed by atoms with Gasteiger partial charge in [-0.25, -0.2) is 18.2 Å². The molecule has 1 aliphatic rings. The quantitative estimate of drug-likeness (QED) is 0.514. The largest absolute Gasteiger partial charge is 0.450 e. The fourth-order valence-electron chi connectivity index (χ4n) is 3.41. The molecule has 9 nitrogen and oxygen atoms in total. The number of benzene rings is 2. The molecule has 0 saturated carbocycles.